The zero-order valence-corrected chi connectivity index (χ0v) is 12.5. The first-order valence-electron chi connectivity index (χ1n) is 7.73. The normalized spacial score (nSPS) is 28.3. The smallest absolute Gasteiger partial charge is 0.0396 e. The maximum atomic E-state index is 2.74. The highest BCUT2D eigenvalue weighted by Gasteiger charge is 2.33. The van der Waals surface area contributed by atoms with Crippen LogP contribution >= 0.6 is 0 Å². The second-order valence-electron chi connectivity index (χ2n) is 6.41. The molecule has 2 heterocycles. The highest BCUT2D eigenvalue weighted by atomic mass is 15.3. The Morgan fingerprint density at radius 2 is 1.95 bits per heavy atom. The fourth-order valence-electron chi connectivity index (χ4n) is 3.89. The van der Waals surface area contributed by atoms with Gasteiger partial charge < -0.3 is 4.90 Å². The van der Waals surface area contributed by atoms with E-state index in [-0.39, 0.29) is 0 Å². The van der Waals surface area contributed by atoms with E-state index in [2.05, 4.69) is 48.8 Å². The minimum Gasteiger partial charge on any atom is -0.370 e. The van der Waals surface area contributed by atoms with Gasteiger partial charge in [0.15, 0.2) is 0 Å². The van der Waals surface area contributed by atoms with Crippen molar-refractivity contribution in [2.45, 2.75) is 52.1 Å². The molecular weight excluding hydrogens is 232 g/mol. The summed E-state index contributed by atoms with van der Waals surface area (Å²) in [5.41, 5.74) is 4.24. The Bertz CT molecular complexity index is 455. The molecule has 3 rings (SSSR count). The van der Waals surface area contributed by atoms with Crippen molar-refractivity contribution in [3.05, 3.63) is 29.3 Å². The van der Waals surface area contributed by atoms with Crippen LogP contribution in [0.4, 0.5) is 5.69 Å². The summed E-state index contributed by atoms with van der Waals surface area (Å²) >= 11 is 0. The molecule has 2 unspecified atom stereocenters. The predicted octanol–water partition coefficient (Wildman–Crippen LogP) is 3.37. The van der Waals surface area contributed by atoms with Gasteiger partial charge in [0.2, 0.25) is 0 Å². The van der Waals surface area contributed by atoms with E-state index in [9.17, 15) is 0 Å². The van der Waals surface area contributed by atoms with Crippen LogP contribution in [-0.4, -0.2) is 36.6 Å². The Hall–Kier alpha value is -1.02. The van der Waals surface area contributed by atoms with Gasteiger partial charge in [-0.25, -0.2) is 0 Å². The lowest BCUT2D eigenvalue weighted by atomic mass is 10.1. The summed E-state index contributed by atoms with van der Waals surface area (Å²) in [6, 6.07) is 8.43. The quantitative estimate of drug-likeness (QED) is 0.802. The number of likely N-dealkylation sites (tertiary alicyclic amines) is 1. The summed E-state index contributed by atoms with van der Waals surface area (Å²) in [6.07, 6.45) is 4.11. The second kappa shape index (κ2) is 5.16. The molecule has 19 heavy (non-hydrogen) atoms. The van der Waals surface area contributed by atoms with Crippen LogP contribution in [0, 0.1) is 13.8 Å². The number of benzene rings is 1. The van der Waals surface area contributed by atoms with Crippen LogP contribution < -0.4 is 4.90 Å². The van der Waals surface area contributed by atoms with Crippen molar-refractivity contribution in [3.63, 3.8) is 0 Å². The van der Waals surface area contributed by atoms with Crippen molar-refractivity contribution in [2.24, 2.45) is 0 Å². The highest BCUT2D eigenvalue weighted by Crippen LogP contribution is 2.30. The number of nitrogens with zero attached hydrogens (tertiary/aromatic N) is 2. The third-order valence-electron chi connectivity index (χ3n) is 4.93. The molecule has 2 atom stereocenters. The van der Waals surface area contributed by atoms with Gasteiger partial charge in [-0.05, 0) is 58.2 Å². The Labute approximate surface area is 117 Å². The molecule has 0 amide bonds. The zero-order valence-electron chi connectivity index (χ0n) is 12.5. The van der Waals surface area contributed by atoms with E-state index in [1.165, 1.54) is 55.7 Å². The SMILES string of the molecule is Cc1ccc(N2CCC(N3CCCC3C)C2)c(C)c1. The van der Waals surface area contributed by atoms with Gasteiger partial charge in [0, 0.05) is 30.9 Å². The number of anilines is 1. The third-order valence-corrected chi connectivity index (χ3v) is 4.93. The van der Waals surface area contributed by atoms with Crippen molar-refractivity contribution < 1.29 is 0 Å². The maximum Gasteiger partial charge on any atom is 0.0396 e. The number of rotatable bonds is 2. The van der Waals surface area contributed by atoms with Crippen LogP contribution in [0.25, 0.3) is 0 Å². The van der Waals surface area contributed by atoms with Crippen LogP contribution in [0.15, 0.2) is 18.2 Å². The molecule has 0 bridgehead atoms. The first-order valence-corrected chi connectivity index (χ1v) is 7.73. The molecule has 0 spiro atoms. The van der Waals surface area contributed by atoms with Gasteiger partial charge in [-0.1, -0.05) is 17.7 Å². The number of hydrogen-bond acceptors (Lipinski definition) is 2. The summed E-state index contributed by atoms with van der Waals surface area (Å²) in [4.78, 5) is 5.33. The van der Waals surface area contributed by atoms with Gasteiger partial charge in [-0.2, -0.15) is 0 Å². The van der Waals surface area contributed by atoms with Gasteiger partial charge in [0.25, 0.3) is 0 Å². The molecule has 0 saturated carbocycles. The molecule has 0 aromatic heterocycles. The maximum absolute atomic E-state index is 2.74. The molecule has 2 saturated heterocycles. The van der Waals surface area contributed by atoms with Crippen molar-refractivity contribution in [1.29, 1.82) is 0 Å². The number of hydrogen-bond donors (Lipinski definition) is 0. The molecule has 1 aromatic rings. The van der Waals surface area contributed by atoms with Crippen LogP contribution in [0.1, 0.15) is 37.3 Å². The summed E-state index contributed by atoms with van der Waals surface area (Å²) in [5.74, 6) is 0. The molecule has 2 aliphatic rings. The second-order valence-corrected chi connectivity index (χ2v) is 6.41. The largest absolute Gasteiger partial charge is 0.370 e. The van der Waals surface area contributed by atoms with Crippen molar-refractivity contribution in [2.75, 3.05) is 24.5 Å². The molecule has 0 N–H and O–H groups in total. The molecule has 2 fully saturated rings. The first kappa shape index (κ1) is 13.0. The van der Waals surface area contributed by atoms with Crippen LogP contribution in [-0.2, 0) is 0 Å². The lowest BCUT2D eigenvalue weighted by Crippen LogP contribution is -2.39. The third kappa shape index (κ3) is 2.51. The molecule has 2 heteroatoms. The lowest BCUT2D eigenvalue weighted by molar-refractivity contribution is 0.204. The zero-order chi connectivity index (χ0) is 13.4. The summed E-state index contributed by atoms with van der Waals surface area (Å²) in [7, 11) is 0. The van der Waals surface area contributed by atoms with Gasteiger partial charge in [-0.15, -0.1) is 0 Å². The van der Waals surface area contributed by atoms with E-state index in [1.54, 1.807) is 0 Å². The van der Waals surface area contributed by atoms with Gasteiger partial charge in [0.1, 0.15) is 0 Å². The Kier molecular flexibility index (Phi) is 3.53. The molecule has 2 aliphatic heterocycles. The van der Waals surface area contributed by atoms with Gasteiger partial charge in [0.05, 0.1) is 0 Å². The van der Waals surface area contributed by atoms with Crippen molar-refractivity contribution in [3.8, 4) is 0 Å². The van der Waals surface area contributed by atoms with Gasteiger partial charge in [-0.3, -0.25) is 4.90 Å². The Morgan fingerprint density at radius 1 is 1.11 bits per heavy atom. The molecule has 0 radical (unpaired) electrons. The molecular formula is C17H26N2. The summed E-state index contributed by atoms with van der Waals surface area (Å²) in [5, 5.41) is 0. The van der Waals surface area contributed by atoms with Crippen LogP contribution in [0.2, 0.25) is 0 Å². The highest BCUT2D eigenvalue weighted by molar-refractivity contribution is 5.55. The van der Waals surface area contributed by atoms with E-state index in [0.717, 1.165) is 12.1 Å². The average Bonchev–Trinajstić information content (AvgIpc) is 2.97. The van der Waals surface area contributed by atoms with Gasteiger partial charge >= 0.3 is 0 Å². The van der Waals surface area contributed by atoms with E-state index in [4.69, 9.17) is 0 Å². The van der Waals surface area contributed by atoms with Crippen molar-refractivity contribution in [1.82, 2.24) is 4.90 Å². The van der Waals surface area contributed by atoms with E-state index in [0.29, 0.717) is 0 Å². The van der Waals surface area contributed by atoms with Crippen LogP contribution in [0.5, 0.6) is 0 Å². The number of aryl methyl sites for hydroxylation is 2. The Balaban J connectivity index is 1.71. The topological polar surface area (TPSA) is 6.48 Å². The standard InChI is InChI=1S/C17H26N2/c1-13-6-7-17(14(2)11-13)18-10-8-16(12-18)19-9-4-5-15(19)3/h6-7,11,15-16H,4-5,8-10,12H2,1-3H3. The summed E-state index contributed by atoms with van der Waals surface area (Å²) < 4.78 is 0. The molecule has 1 aromatic carbocycles. The minimum absolute atomic E-state index is 0.776. The fourth-order valence-corrected chi connectivity index (χ4v) is 3.89. The van der Waals surface area contributed by atoms with Crippen molar-refractivity contribution >= 4 is 5.69 Å². The van der Waals surface area contributed by atoms with Crippen LogP contribution in [0.3, 0.4) is 0 Å². The minimum atomic E-state index is 0.776. The van der Waals surface area contributed by atoms with E-state index >= 15 is 0 Å². The molecule has 2 nitrogen and oxygen atoms in total. The lowest BCUT2D eigenvalue weighted by Gasteiger charge is -2.29. The average molecular weight is 258 g/mol. The summed E-state index contributed by atoms with van der Waals surface area (Å²) in [6.45, 7) is 10.6. The fraction of sp³-hybridized carbons (Fsp3) is 0.647. The first-order chi connectivity index (χ1) is 9.15. The van der Waals surface area contributed by atoms with E-state index in [1.807, 2.05) is 0 Å². The van der Waals surface area contributed by atoms with E-state index < -0.39 is 0 Å². The predicted molar refractivity (Wildman–Crippen MR) is 81.9 cm³/mol. The monoisotopic (exact) mass is 258 g/mol. The molecule has 104 valence electrons. The Morgan fingerprint density at radius 3 is 2.63 bits per heavy atom. The molecule has 0 aliphatic carbocycles.